The first kappa shape index (κ1) is 12.4. The minimum atomic E-state index is 0.761. The molecule has 1 aliphatic heterocycles. The topological polar surface area (TPSA) is 21.3 Å². The van der Waals surface area contributed by atoms with Gasteiger partial charge in [-0.25, -0.2) is 0 Å². The fourth-order valence-electron chi connectivity index (χ4n) is 3.43. The van der Waals surface area contributed by atoms with Gasteiger partial charge in [-0.15, -0.1) is 0 Å². The van der Waals surface area contributed by atoms with Crippen molar-refractivity contribution in [1.82, 2.24) is 5.32 Å². The van der Waals surface area contributed by atoms with E-state index in [4.69, 9.17) is 4.74 Å². The highest BCUT2D eigenvalue weighted by Gasteiger charge is 2.27. The van der Waals surface area contributed by atoms with Crippen molar-refractivity contribution in [2.24, 2.45) is 11.8 Å². The molecule has 0 aromatic rings. The lowest BCUT2D eigenvalue weighted by Crippen LogP contribution is -2.40. The summed E-state index contributed by atoms with van der Waals surface area (Å²) >= 11 is 0. The van der Waals surface area contributed by atoms with E-state index >= 15 is 0 Å². The third-order valence-corrected chi connectivity index (χ3v) is 4.36. The summed E-state index contributed by atoms with van der Waals surface area (Å²) < 4.78 is 5.47. The lowest BCUT2D eigenvalue weighted by molar-refractivity contribution is 0.0505. The van der Waals surface area contributed by atoms with Crippen molar-refractivity contribution in [3.63, 3.8) is 0 Å². The Hall–Kier alpha value is -0.0800. The normalized spacial score (nSPS) is 26.1. The molecule has 2 nitrogen and oxygen atoms in total. The van der Waals surface area contributed by atoms with E-state index < -0.39 is 0 Å². The van der Waals surface area contributed by atoms with E-state index in [1.165, 1.54) is 44.9 Å². The van der Waals surface area contributed by atoms with Gasteiger partial charge in [0.1, 0.15) is 0 Å². The van der Waals surface area contributed by atoms with E-state index in [1.807, 2.05) is 0 Å². The summed E-state index contributed by atoms with van der Waals surface area (Å²) in [5.74, 6) is 1.88. The van der Waals surface area contributed by atoms with Crippen LogP contribution >= 0.6 is 0 Å². The van der Waals surface area contributed by atoms with Gasteiger partial charge in [-0.1, -0.05) is 32.6 Å². The fraction of sp³-hybridized carbons (Fsp3) is 1.00. The van der Waals surface area contributed by atoms with Crippen molar-refractivity contribution in [2.75, 3.05) is 19.8 Å². The van der Waals surface area contributed by atoms with Crippen molar-refractivity contribution >= 4 is 0 Å². The van der Waals surface area contributed by atoms with Gasteiger partial charge in [0.15, 0.2) is 0 Å². The van der Waals surface area contributed by atoms with Crippen LogP contribution in [0.2, 0.25) is 0 Å². The summed E-state index contributed by atoms with van der Waals surface area (Å²) in [6.45, 7) is 5.32. The maximum absolute atomic E-state index is 5.47. The minimum Gasteiger partial charge on any atom is -0.381 e. The quantitative estimate of drug-likeness (QED) is 0.776. The molecular weight excluding hydrogens is 198 g/mol. The number of rotatable bonds is 5. The summed E-state index contributed by atoms with van der Waals surface area (Å²) in [4.78, 5) is 0. The van der Waals surface area contributed by atoms with Gasteiger partial charge in [-0.2, -0.15) is 0 Å². The first-order chi connectivity index (χ1) is 7.90. The molecule has 0 radical (unpaired) electrons. The second kappa shape index (κ2) is 6.61. The first-order valence-electron chi connectivity index (χ1n) is 7.21. The Morgan fingerprint density at radius 2 is 1.81 bits per heavy atom. The van der Waals surface area contributed by atoms with Gasteiger partial charge in [0.05, 0.1) is 0 Å². The Morgan fingerprint density at radius 3 is 2.44 bits per heavy atom. The Labute approximate surface area is 100 Å². The van der Waals surface area contributed by atoms with Crippen LogP contribution in [-0.2, 0) is 4.74 Å². The predicted molar refractivity (Wildman–Crippen MR) is 67.6 cm³/mol. The van der Waals surface area contributed by atoms with Crippen molar-refractivity contribution in [2.45, 2.75) is 57.9 Å². The second-order valence-electron chi connectivity index (χ2n) is 5.50. The van der Waals surface area contributed by atoms with Gasteiger partial charge in [0.25, 0.3) is 0 Å². The lowest BCUT2D eigenvalue weighted by Gasteiger charge is -2.32. The van der Waals surface area contributed by atoms with Gasteiger partial charge in [0, 0.05) is 19.3 Å². The average molecular weight is 225 g/mol. The molecule has 1 N–H and O–H groups in total. The summed E-state index contributed by atoms with van der Waals surface area (Å²) in [7, 11) is 0. The van der Waals surface area contributed by atoms with E-state index in [9.17, 15) is 0 Å². The smallest absolute Gasteiger partial charge is 0.0469 e. The molecule has 0 spiro atoms. The maximum atomic E-state index is 5.47. The first-order valence-corrected chi connectivity index (χ1v) is 7.21. The Kier molecular flexibility index (Phi) is 5.11. The number of ether oxygens (including phenoxy) is 1. The summed E-state index contributed by atoms with van der Waals surface area (Å²) in [6, 6.07) is 0.761. The van der Waals surface area contributed by atoms with Crippen LogP contribution in [0.15, 0.2) is 0 Å². The van der Waals surface area contributed by atoms with Crippen LogP contribution in [0.4, 0.5) is 0 Å². The van der Waals surface area contributed by atoms with Crippen LogP contribution in [0.5, 0.6) is 0 Å². The molecule has 1 unspecified atom stereocenters. The molecule has 0 amide bonds. The number of nitrogens with one attached hydrogen (secondary N) is 1. The van der Waals surface area contributed by atoms with Crippen molar-refractivity contribution in [1.29, 1.82) is 0 Å². The molecule has 2 heteroatoms. The van der Waals surface area contributed by atoms with Gasteiger partial charge >= 0.3 is 0 Å². The molecule has 0 aromatic carbocycles. The number of hydrogen-bond donors (Lipinski definition) is 1. The number of hydrogen-bond acceptors (Lipinski definition) is 2. The second-order valence-corrected chi connectivity index (χ2v) is 5.50. The van der Waals surface area contributed by atoms with Crippen LogP contribution in [0.3, 0.4) is 0 Å². The monoisotopic (exact) mass is 225 g/mol. The molecule has 2 aliphatic rings. The average Bonchev–Trinajstić information content (AvgIpc) is 2.83. The van der Waals surface area contributed by atoms with Crippen molar-refractivity contribution in [3.8, 4) is 0 Å². The molecule has 16 heavy (non-hydrogen) atoms. The molecule has 1 saturated carbocycles. The van der Waals surface area contributed by atoms with Crippen LogP contribution < -0.4 is 5.32 Å². The van der Waals surface area contributed by atoms with E-state index in [2.05, 4.69) is 12.2 Å². The molecule has 0 bridgehead atoms. The highest BCUT2D eigenvalue weighted by Crippen LogP contribution is 2.32. The highest BCUT2D eigenvalue weighted by molar-refractivity contribution is 4.82. The highest BCUT2D eigenvalue weighted by atomic mass is 16.5. The van der Waals surface area contributed by atoms with Crippen molar-refractivity contribution < 1.29 is 4.74 Å². The molecule has 2 rings (SSSR count). The molecule has 1 aliphatic carbocycles. The summed E-state index contributed by atoms with van der Waals surface area (Å²) in [5.41, 5.74) is 0. The summed E-state index contributed by atoms with van der Waals surface area (Å²) in [6.07, 6.45) is 9.85. The largest absolute Gasteiger partial charge is 0.381 e. The molecule has 2 fully saturated rings. The molecule has 1 saturated heterocycles. The molecule has 1 heterocycles. The van der Waals surface area contributed by atoms with Crippen molar-refractivity contribution in [3.05, 3.63) is 0 Å². The van der Waals surface area contributed by atoms with Crippen LogP contribution in [0.25, 0.3) is 0 Å². The van der Waals surface area contributed by atoms with Crippen LogP contribution in [0, 0.1) is 11.8 Å². The van der Waals surface area contributed by atoms with E-state index in [0.29, 0.717) is 0 Å². The molecule has 1 atom stereocenters. The van der Waals surface area contributed by atoms with Crippen LogP contribution in [-0.4, -0.2) is 25.8 Å². The van der Waals surface area contributed by atoms with Gasteiger partial charge in [-0.3, -0.25) is 0 Å². The van der Waals surface area contributed by atoms with Gasteiger partial charge < -0.3 is 10.1 Å². The molecule has 94 valence electrons. The lowest BCUT2D eigenvalue weighted by atomic mass is 9.85. The van der Waals surface area contributed by atoms with E-state index in [-0.39, 0.29) is 0 Å². The zero-order valence-corrected chi connectivity index (χ0v) is 10.7. The Balaban J connectivity index is 1.82. The van der Waals surface area contributed by atoms with Gasteiger partial charge in [-0.05, 0) is 37.6 Å². The zero-order valence-electron chi connectivity index (χ0n) is 10.7. The molecule has 0 aromatic heterocycles. The Morgan fingerprint density at radius 1 is 1.12 bits per heavy atom. The van der Waals surface area contributed by atoms with E-state index in [0.717, 1.165) is 37.6 Å². The van der Waals surface area contributed by atoms with Crippen LogP contribution in [0.1, 0.15) is 51.9 Å². The SMILES string of the molecule is CCNC(CC1CCCC1)C1CCOCC1. The molecular formula is C14H27NO. The standard InChI is InChI=1S/C14H27NO/c1-2-15-14(11-12-5-3-4-6-12)13-7-9-16-10-8-13/h12-15H,2-11H2,1H3. The third-order valence-electron chi connectivity index (χ3n) is 4.36. The van der Waals surface area contributed by atoms with Gasteiger partial charge in [0.2, 0.25) is 0 Å². The summed E-state index contributed by atoms with van der Waals surface area (Å²) in [5, 5.41) is 3.72. The maximum Gasteiger partial charge on any atom is 0.0469 e. The minimum absolute atomic E-state index is 0.761. The predicted octanol–water partition coefficient (Wildman–Crippen LogP) is 2.97. The van der Waals surface area contributed by atoms with E-state index in [1.54, 1.807) is 0 Å². The third kappa shape index (κ3) is 3.46. The zero-order chi connectivity index (χ0) is 11.2. The Bertz CT molecular complexity index is 183. The fourth-order valence-corrected chi connectivity index (χ4v) is 3.43.